The van der Waals surface area contributed by atoms with Gasteiger partial charge in [0.2, 0.25) is 16.0 Å². The van der Waals surface area contributed by atoms with Crippen LogP contribution in [0.2, 0.25) is 0 Å². The number of guanidine groups is 1. The van der Waals surface area contributed by atoms with E-state index in [-0.39, 0.29) is 24.3 Å². The van der Waals surface area contributed by atoms with E-state index in [1.807, 2.05) is 37.3 Å². The largest absolute Gasteiger partial charge is 0.347 e. The number of sulfonamides is 1. The number of hydrogen-bond donors (Lipinski definition) is 1. The fraction of sp³-hybridized carbons (Fsp3) is 0.474. The molecule has 0 aromatic heterocycles. The lowest BCUT2D eigenvalue weighted by molar-refractivity contribution is -0.145. The van der Waals surface area contributed by atoms with Crippen LogP contribution in [0.25, 0.3) is 0 Å². The maximum absolute atomic E-state index is 12.8. The number of hydrogen-bond acceptors (Lipinski definition) is 6. The van der Waals surface area contributed by atoms with Crippen LogP contribution in [0.3, 0.4) is 0 Å². The van der Waals surface area contributed by atoms with E-state index in [9.17, 15) is 22.8 Å². The molecule has 2 atom stereocenters. The lowest BCUT2D eigenvalue weighted by Crippen LogP contribution is -2.59. The van der Waals surface area contributed by atoms with Gasteiger partial charge in [0.25, 0.3) is 17.6 Å². The molecule has 2 amide bonds. The molecule has 2 aliphatic rings. The van der Waals surface area contributed by atoms with Crippen LogP contribution >= 0.6 is 0 Å². The Morgan fingerprint density at radius 1 is 1.24 bits per heavy atom. The molecule has 3 rings (SSSR count). The molecule has 0 spiro atoms. The Kier molecular flexibility index (Phi) is 6.02. The van der Waals surface area contributed by atoms with Gasteiger partial charge in [0.05, 0.1) is 11.8 Å². The standard InChI is InChI=1S/C19H24N4O5S/c1-3-14(13-9-5-4-6-10-13)20-17(25)15-16(24)18(26)22(2)19(21-15)23-11-7-8-12-29(23,27)28/h4-6,9-10,14-15H,3,7-8,11-12H2,1-2H3,(H,20,25). The van der Waals surface area contributed by atoms with Crippen molar-refractivity contribution in [2.75, 3.05) is 19.3 Å². The van der Waals surface area contributed by atoms with Gasteiger partial charge in [0.15, 0.2) is 6.04 Å². The van der Waals surface area contributed by atoms with Gasteiger partial charge in [-0.25, -0.2) is 17.7 Å². The normalized spacial score (nSPS) is 22.8. The summed E-state index contributed by atoms with van der Waals surface area (Å²) in [5.74, 6) is -2.90. The molecule has 0 aliphatic carbocycles. The summed E-state index contributed by atoms with van der Waals surface area (Å²) in [4.78, 5) is 42.7. The molecule has 156 valence electrons. The third-order valence-corrected chi connectivity index (χ3v) is 6.88. The predicted octanol–water partition coefficient (Wildman–Crippen LogP) is 0.445. The second-order valence-electron chi connectivity index (χ2n) is 7.04. The first-order valence-electron chi connectivity index (χ1n) is 9.51. The maximum Gasteiger partial charge on any atom is 0.299 e. The topological polar surface area (TPSA) is 116 Å². The van der Waals surface area contributed by atoms with E-state index in [1.165, 1.54) is 7.05 Å². The van der Waals surface area contributed by atoms with E-state index in [4.69, 9.17) is 0 Å². The molecular weight excluding hydrogens is 396 g/mol. The fourth-order valence-corrected chi connectivity index (χ4v) is 5.03. The number of ketones is 1. The Balaban J connectivity index is 1.90. The van der Waals surface area contributed by atoms with Crippen LogP contribution in [0.15, 0.2) is 35.3 Å². The Labute approximate surface area is 169 Å². The van der Waals surface area contributed by atoms with Crippen molar-refractivity contribution in [3.63, 3.8) is 0 Å². The summed E-state index contributed by atoms with van der Waals surface area (Å²) in [6, 6.07) is 7.27. The highest BCUT2D eigenvalue weighted by molar-refractivity contribution is 7.89. The van der Waals surface area contributed by atoms with Crippen LogP contribution in [0.1, 0.15) is 37.8 Å². The first kappa shape index (κ1) is 21.0. The minimum atomic E-state index is -3.65. The number of nitrogens with one attached hydrogen (secondary N) is 1. The summed E-state index contributed by atoms with van der Waals surface area (Å²) in [7, 11) is -2.36. The lowest BCUT2D eigenvalue weighted by atomic mass is 10.0. The van der Waals surface area contributed by atoms with Crippen molar-refractivity contribution in [2.45, 2.75) is 38.3 Å². The summed E-state index contributed by atoms with van der Waals surface area (Å²) in [5.41, 5.74) is 0.859. The van der Waals surface area contributed by atoms with Gasteiger partial charge in [-0.2, -0.15) is 0 Å². The number of amides is 2. The number of carbonyl (C=O) groups is 3. The predicted molar refractivity (Wildman–Crippen MR) is 106 cm³/mol. The minimum absolute atomic E-state index is 0.0647. The van der Waals surface area contributed by atoms with Gasteiger partial charge in [-0.05, 0) is 24.8 Å². The van der Waals surface area contributed by atoms with Crippen LogP contribution in [-0.4, -0.2) is 66.6 Å². The van der Waals surface area contributed by atoms with E-state index >= 15 is 0 Å². The number of carbonyl (C=O) groups excluding carboxylic acids is 3. The molecule has 10 heteroatoms. The van der Waals surface area contributed by atoms with Crippen LogP contribution in [-0.2, 0) is 24.4 Å². The highest BCUT2D eigenvalue weighted by Gasteiger charge is 2.44. The van der Waals surface area contributed by atoms with Gasteiger partial charge in [0.1, 0.15) is 0 Å². The van der Waals surface area contributed by atoms with Crippen LogP contribution in [0.5, 0.6) is 0 Å². The minimum Gasteiger partial charge on any atom is -0.347 e. The number of rotatable bonds is 4. The Morgan fingerprint density at radius 3 is 2.55 bits per heavy atom. The second-order valence-corrected chi connectivity index (χ2v) is 9.05. The first-order chi connectivity index (χ1) is 13.8. The average Bonchev–Trinajstić information content (AvgIpc) is 2.71. The SMILES string of the molecule is CCC(NC(=O)C1N=C(N2CCCCS2(=O)=O)N(C)C(=O)C1=O)c1ccccc1. The highest BCUT2D eigenvalue weighted by Crippen LogP contribution is 2.21. The molecule has 0 saturated carbocycles. The zero-order chi connectivity index (χ0) is 21.2. The van der Waals surface area contributed by atoms with E-state index in [0.29, 0.717) is 19.3 Å². The molecule has 1 aromatic carbocycles. The lowest BCUT2D eigenvalue weighted by Gasteiger charge is -2.35. The first-order valence-corrected chi connectivity index (χ1v) is 11.1. The van der Waals surface area contributed by atoms with Gasteiger partial charge in [-0.3, -0.25) is 19.3 Å². The fourth-order valence-electron chi connectivity index (χ4n) is 3.41. The van der Waals surface area contributed by atoms with E-state index in [2.05, 4.69) is 10.3 Å². The van der Waals surface area contributed by atoms with Crippen LogP contribution in [0, 0.1) is 0 Å². The van der Waals surface area contributed by atoms with E-state index in [1.54, 1.807) is 0 Å². The molecule has 9 nitrogen and oxygen atoms in total. The molecule has 1 saturated heterocycles. The smallest absolute Gasteiger partial charge is 0.299 e. The molecule has 2 aliphatic heterocycles. The Hall–Kier alpha value is -2.75. The molecular formula is C19H24N4O5S. The summed E-state index contributed by atoms with van der Waals surface area (Å²) >= 11 is 0. The van der Waals surface area contributed by atoms with E-state index < -0.39 is 33.7 Å². The van der Waals surface area contributed by atoms with Gasteiger partial charge < -0.3 is 5.32 Å². The molecule has 2 unspecified atom stereocenters. The van der Waals surface area contributed by atoms with Crippen molar-refractivity contribution in [3.8, 4) is 0 Å². The monoisotopic (exact) mass is 420 g/mol. The third kappa shape index (κ3) is 4.16. The summed E-state index contributed by atoms with van der Waals surface area (Å²) in [6.45, 7) is 2.04. The zero-order valence-corrected chi connectivity index (χ0v) is 17.2. The summed E-state index contributed by atoms with van der Waals surface area (Å²) < 4.78 is 25.9. The van der Waals surface area contributed by atoms with Crippen molar-refractivity contribution >= 4 is 33.6 Å². The van der Waals surface area contributed by atoms with Crippen molar-refractivity contribution < 1.29 is 22.8 Å². The molecule has 2 heterocycles. The summed E-state index contributed by atoms with van der Waals surface area (Å²) in [5, 5.41) is 2.76. The highest BCUT2D eigenvalue weighted by atomic mass is 32.2. The molecule has 29 heavy (non-hydrogen) atoms. The number of nitrogens with zero attached hydrogens (tertiary/aromatic N) is 3. The van der Waals surface area contributed by atoms with Gasteiger partial charge in [0, 0.05) is 13.6 Å². The number of Topliss-reactive ketones (excluding diaryl/α,β-unsaturated/α-hetero) is 1. The molecule has 1 aromatic rings. The molecule has 0 radical (unpaired) electrons. The van der Waals surface area contributed by atoms with Gasteiger partial charge >= 0.3 is 0 Å². The van der Waals surface area contributed by atoms with Crippen molar-refractivity contribution in [2.24, 2.45) is 4.99 Å². The number of likely N-dealkylation sites (N-methyl/N-ethyl adjacent to an activating group) is 1. The van der Waals surface area contributed by atoms with Crippen molar-refractivity contribution in [3.05, 3.63) is 35.9 Å². The van der Waals surface area contributed by atoms with E-state index in [0.717, 1.165) is 14.8 Å². The van der Waals surface area contributed by atoms with Crippen LogP contribution in [0.4, 0.5) is 0 Å². The third-order valence-electron chi connectivity index (χ3n) is 5.06. The number of benzene rings is 1. The Bertz CT molecular complexity index is 945. The van der Waals surface area contributed by atoms with Gasteiger partial charge in [-0.1, -0.05) is 37.3 Å². The van der Waals surface area contributed by atoms with Crippen molar-refractivity contribution in [1.82, 2.24) is 14.5 Å². The van der Waals surface area contributed by atoms with Crippen molar-refractivity contribution in [1.29, 1.82) is 0 Å². The van der Waals surface area contributed by atoms with Crippen LogP contribution < -0.4 is 5.32 Å². The molecule has 0 bridgehead atoms. The molecule has 1 fully saturated rings. The Morgan fingerprint density at radius 2 is 1.93 bits per heavy atom. The van der Waals surface area contributed by atoms with Gasteiger partial charge in [-0.15, -0.1) is 0 Å². The molecule has 1 N–H and O–H groups in total. The second kappa shape index (κ2) is 8.32. The zero-order valence-electron chi connectivity index (χ0n) is 16.4. The summed E-state index contributed by atoms with van der Waals surface area (Å²) in [6.07, 6.45) is 1.69. The number of aliphatic imine (C=N–C) groups is 1. The quantitative estimate of drug-likeness (QED) is 0.561. The average molecular weight is 420 g/mol. The maximum atomic E-state index is 12.8.